The van der Waals surface area contributed by atoms with Crippen molar-refractivity contribution in [3.63, 3.8) is 0 Å². The summed E-state index contributed by atoms with van der Waals surface area (Å²) in [5.41, 5.74) is 5.18. The van der Waals surface area contributed by atoms with Gasteiger partial charge in [-0.25, -0.2) is 0 Å². The molecule has 0 rings (SSSR count). The van der Waals surface area contributed by atoms with Crippen LogP contribution in [0.3, 0.4) is 0 Å². The van der Waals surface area contributed by atoms with Crippen LogP contribution in [-0.4, -0.2) is 11.3 Å². The Bertz CT molecular complexity index is 63.9. The minimum Gasteiger partial charge on any atom is -0.379 e. The molecule has 0 saturated carbocycles. The smallest absolute Gasteiger partial charge is 0.102 e. The van der Waals surface area contributed by atoms with Gasteiger partial charge in [-0.2, -0.15) is 0 Å². The van der Waals surface area contributed by atoms with Crippen LogP contribution in [0.25, 0.3) is 0 Å². The third-order valence-electron chi connectivity index (χ3n) is 1.43. The molecule has 0 aliphatic heterocycles. The predicted molar refractivity (Wildman–Crippen MR) is 38.9 cm³/mol. The number of aliphatic hydroxyl groups is 1. The average Bonchev–Trinajstić information content (AvgIpc) is 1.63. The maximum Gasteiger partial charge on any atom is 0.102 e. The summed E-state index contributed by atoms with van der Waals surface area (Å²) in [6, 6.07) is 0. The highest BCUT2D eigenvalue weighted by molar-refractivity contribution is 4.54. The lowest BCUT2D eigenvalue weighted by molar-refractivity contribution is 0.150. The maximum atomic E-state index is 8.73. The van der Waals surface area contributed by atoms with Gasteiger partial charge in [0.2, 0.25) is 0 Å². The van der Waals surface area contributed by atoms with E-state index >= 15 is 0 Å². The van der Waals surface area contributed by atoms with E-state index in [1.54, 1.807) is 0 Å². The first-order valence-electron chi connectivity index (χ1n) is 3.60. The van der Waals surface area contributed by atoms with Crippen LogP contribution in [0.1, 0.15) is 33.1 Å². The van der Waals surface area contributed by atoms with Gasteiger partial charge in [0.25, 0.3) is 0 Å². The maximum absolute atomic E-state index is 8.73. The molecule has 0 spiro atoms. The summed E-state index contributed by atoms with van der Waals surface area (Å²) in [4.78, 5) is 0. The van der Waals surface area contributed by atoms with Crippen molar-refractivity contribution >= 4 is 0 Å². The molecule has 9 heavy (non-hydrogen) atoms. The van der Waals surface area contributed by atoms with Gasteiger partial charge in [0, 0.05) is 0 Å². The van der Waals surface area contributed by atoms with Gasteiger partial charge in [-0.15, -0.1) is 0 Å². The van der Waals surface area contributed by atoms with Crippen molar-refractivity contribution in [1.82, 2.24) is 0 Å². The summed E-state index contributed by atoms with van der Waals surface area (Å²) in [6.07, 6.45) is 2.45. The van der Waals surface area contributed by atoms with Crippen LogP contribution < -0.4 is 5.73 Å². The van der Waals surface area contributed by atoms with Crippen LogP contribution in [0, 0.1) is 5.92 Å². The van der Waals surface area contributed by atoms with Gasteiger partial charge in [0.05, 0.1) is 0 Å². The zero-order valence-corrected chi connectivity index (χ0v) is 6.30. The summed E-state index contributed by atoms with van der Waals surface area (Å²) < 4.78 is 0. The van der Waals surface area contributed by atoms with E-state index in [0.717, 1.165) is 12.8 Å². The number of rotatable bonds is 4. The molecule has 0 amide bonds. The monoisotopic (exact) mass is 131 g/mol. The first-order chi connectivity index (χ1) is 4.16. The summed E-state index contributed by atoms with van der Waals surface area (Å²) >= 11 is 0. The SMILES string of the molecule is CCCC(C)CC(N)O. The third kappa shape index (κ3) is 5.80. The van der Waals surface area contributed by atoms with Crippen LogP contribution in [0.2, 0.25) is 0 Å². The lowest BCUT2D eigenvalue weighted by Gasteiger charge is -2.10. The van der Waals surface area contributed by atoms with Crippen LogP contribution in [0.15, 0.2) is 0 Å². The van der Waals surface area contributed by atoms with E-state index in [9.17, 15) is 0 Å². The average molecular weight is 131 g/mol. The Morgan fingerprint density at radius 2 is 2.11 bits per heavy atom. The van der Waals surface area contributed by atoms with Crippen molar-refractivity contribution in [2.75, 3.05) is 0 Å². The second-order valence-electron chi connectivity index (χ2n) is 2.70. The first kappa shape index (κ1) is 8.92. The van der Waals surface area contributed by atoms with E-state index in [2.05, 4.69) is 13.8 Å². The molecule has 3 N–H and O–H groups in total. The van der Waals surface area contributed by atoms with Crippen molar-refractivity contribution in [3.8, 4) is 0 Å². The molecule has 0 aromatic rings. The van der Waals surface area contributed by atoms with Crippen molar-refractivity contribution < 1.29 is 5.11 Å². The van der Waals surface area contributed by atoms with Crippen molar-refractivity contribution in [3.05, 3.63) is 0 Å². The van der Waals surface area contributed by atoms with Gasteiger partial charge in [-0.1, -0.05) is 26.7 Å². The van der Waals surface area contributed by atoms with Gasteiger partial charge in [0.15, 0.2) is 0 Å². The molecule has 0 radical (unpaired) electrons. The van der Waals surface area contributed by atoms with Crippen molar-refractivity contribution in [2.45, 2.75) is 39.3 Å². The fraction of sp³-hybridized carbons (Fsp3) is 1.00. The van der Waals surface area contributed by atoms with Gasteiger partial charge in [-0.3, -0.25) is 0 Å². The molecule has 2 atom stereocenters. The second kappa shape index (κ2) is 4.77. The summed E-state index contributed by atoms with van der Waals surface area (Å²) in [6.45, 7) is 4.25. The second-order valence-corrected chi connectivity index (χ2v) is 2.70. The fourth-order valence-corrected chi connectivity index (χ4v) is 1.02. The number of aliphatic hydroxyl groups excluding tert-OH is 1. The molecule has 0 fully saturated rings. The lowest BCUT2D eigenvalue weighted by atomic mass is 10.0. The van der Waals surface area contributed by atoms with Crippen molar-refractivity contribution in [2.24, 2.45) is 11.7 Å². The molecule has 0 heterocycles. The number of hydrogen-bond donors (Lipinski definition) is 2. The van der Waals surface area contributed by atoms with Crippen LogP contribution in [0.4, 0.5) is 0 Å². The minimum absolute atomic E-state index is 0.565. The summed E-state index contributed by atoms with van der Waals surface area (Å²) in [5.74, 6) is 0.565. The van der Waals surface area contributed by atoms with Crippen LogP contribution >= 0.6 is 0 Å². The molecular weight excluding hydrogens is 114 g/mol. The van der Waals surface area contributed by atoms with Gasteiger partial charge < -0.3 is 10.8 Å². The first-order valence-corrected chi connectivity index (χ1v) is 3.60. The summed E-state index contributed by atoms with van der Waals surface area (Å²) in [7, 11) is 0. The van der Waals surface area contributed by atoms with Gasteiger partial charge in [0.1, 0.15) is 6.23 Å². The topological polar surface area (TPSA) is 46.2 Å². The normalized spacial score (nSPS) is 17.3. The molecule has 0 aromatic carbocycles. The Hall–Kier alpha value is -0.0800. The predicted octanol–water partition coefficient (Wildman–Crippen LogP) is 1.09. The third-order valence-corrected chi connectivity index (χ3v) is 1.43. The highest BCUT2D eigenvalue weighted by atomic mass is 16.3. The van der Waals surface area contributed by atoms with E-state index in [-0.39, 0.29) is 0 Å². The highest BCUT2D eigenvalue weighted by Gasteiger charge is 2.03. The van der Waals surface area contributed by atoms with Crippen LogP contribution in [0.5, 0.6) is 0 Å². The Morgan fingerprint density at radius 3 is 2.44 bits per heavy atom. The molecule has 0 bridgehead atoms. The largest absolute Gasteiger partial charge is 0.379 e. The van der Waals surface area contributed by atoms with E-state index in [4.69, 9.17) is 10.8 Å². The molecule has 2 nitrogen and oxygen atoms in total. The quantitative estimate of drug-likeness (QED) is 0.561. The number of nitrogens with two attached hydrogens (primary N) is 1. The zero-order valence-electron chi connectivity index (χ0n) is 6.30. The molecule has 2 unspecified atom stereocenters. The fourth-order valence-electron chi connectivity index (χ4n) is 1.02. The van der Waals surface area contributed by atoms with Gasteiger partial charge in [-0.05, 0) is 12.3 Å². The molecule has 0 saturated heterocycles. The minimum atomic E-state index is -0.619. The van der Waals surface area contributed by atoms with E-state index in [1.165, 1.54) is 6.42 Å². The molecule has 0 aromatic heterocycles. The molecule has 2 heteroatoms. The summed E-state index contributed by atoms with van der Waals surface area (Å²) in [5, 5.41) is 8.73. The molecule has 56 valence electrons. The molecule has 0 aliphatic rings. The zero-order chi connectivity index (χ0) is 7.28. The molecular formula is C7H17NO. The Kier molecular flexibility index (Phi) is 4.72. The Labute approximate surface area is 57.1 Å². The Morgan fingerprint density at radius 1 is 1.56 bits per heavy atom. The highest BCUT2D eigenvalue weighted by Crippen LogP contribution is 2.09. The lowest BCUT2D eigenvalue weighted by Crippen LogP contribution is -2.21. The van der Waals surface area contributed by atoms with E-state index in [0.29, 0.717) is 5.92 Å². The van der Waals surface area contributed by atoms with Crippen molar-refractivity contribution in [1.29, 1.82) is 0 Å². The van der Waals surface area contributed by atoms with E-state index < -0.39 is 6.23 Å². The van der Waals surface area contributed by atoms with Crippen LogP contribution in [-0.2, 0) is 0 Å². The standard InChI is InChI=1S/C7H17NO/c1-3-4-6(2)5-7(8)9/h6-7,9H,3-5,8H2,1-2H3. The van der Waals surface area contributed by atoms with Gasteiger partial charge >= 0.3 is 0 Å². The molecule has 0 aliphatic carbocycles. The number of hydrogen-bond acceptors (Lipinski definition) is 2. The Balaban J connectivity index is 3.15. The van der Waals surface area contributed by atoms with E-state index in [1.807, 2.05) is 0 Å².